The van der Waals surface area contributed by atoms with Gasteiger partial charge in [-0.3, -0.25) is 0 Å². The summed E-state index contributed by atoms with van der Waals surface area (Å²) >= 11 is 0. The van der Waals surface area contributed by atoms with Crippen LogP contribution >= 0.6 is 0 Å². The van der Waals surface area contributed by atoms with Crippen LogP contribution in [0.4, 0.5) is 4.79 Å². The Hall–Kier alpha value is -0.770. The van der Waals surface area contributed by atoms with Crippen LogP contribution in [0.15, 0.2) is 0 Å². The minimum absolute atomic E-state index is 0.00121. The van der Waals surface area contributed by atoms with Crippen molar-refractivity contribution < 1.29 is 19.4 Å². The van der Waals surface area contributed by atoms with Crippen LogP contribution in [0.1, 0.15) is 59.8 Å². The van der Waals surface area contributed by atoms with Crippen molar-refractivity contribution in [2.24, 2.45) is 17.8 Å². The maximum Gasteiger partial charge on any atom is 0.508 e. The topological polar surface area (TPSA) is 55.8 Å². The predicted molar refractivity (Wildman–Crippen MR) is 80.6 cm³/mol. The van der Waals surface area contributed by atoms with Crippen molar-refractivity contribution in [1.82, 2.24) is 0 Å². The first-order chi connectivity index (χ1) is 9.57. The molecule has 0 aliphatic carbocycles. The third kappa shape index (κ3) is 9.18. The summed E-state index contributed by atoms with van der Waals surface area (Å²) in [7, 11) is 0. The SMILES string of the molecule is CCC(C)CC(CC)CC(CC)COC(=O)OCCO. The number of hydrogen-bond acceptors (Lipinski definition) is 4. The number of ether oxygens (including phenoxy) is 2. The molecule has 3 unspecified atom stereocenters. The van der Waals surface area contributed by atoms with E-state index in [2.05, 4.69) is 32.4 Å². The molecule has 0 aromatic rings. The van der Waals surface area contributed by atoms with E-state index in [9.17, 15) is 4.79 Å². The Labute approximate surface area is 123 Å². The third-order valence-corrected chi connectivity index (χ3v) is 4.00. The monoisotopic (exact) mass is 288 g/mol. The normalized spacial score (nSPS) is 15.4. The van der Waals surface area contributed by atoms with Crippen molar-refractivity contribution in [1.29, 1.82) is 0 Å². The highest BCUT2D eigenvalue weighted by atomic mass is 16.7. The van der Waals surface area contributed by atoms with Gasteiger partial charge in [-0.15, -0.1) is 0 Å². The molecule has 3 atom stereocenters. The van der Waals surface area contributed by atoms with Gasteiger partial charge in [0.05, 0.1) is 13.2 Å². The minimum Gasteiger partial charge on any atom is -0.434 e. The van der Waals surface area contributed by atoms with E-state index in [1.807, 2.05) is 0 Å². The third-order valence-electron chi connectivity index (χ3n) is 4.00. The highest BCUT2D eigenvalue weighted by Crippen LogP contribution is 2.26. The molecule has 4 heteroatoms. The van der Waals surface area contributed by atoms with Gasteiger partial charge in [0.25, 0.3) is 0 Å². The summed E-state index contributed by atoms with van der Waals surface area (Å²) < 4.78 is 9.79. The summed E-state index contributed by atoms with van der Waals surface area (Å²) in [6.45, 7) is 9.14. The Kier molecular flexibility index (Phi) is 11.5. The van der Waals surface area contributed by atoms with E-state index >= 15 is 0 Å². The van der Waals surface area contributed by atoms with Crippen LogP contribution in [0.2, 0.25) is 0 Å². The van der Waals surface area contributed by atoms with Crippen molar-refractivity contribution in [3.05, 3.63) is 0 Å². The number of hydrogen-bond donors (Lipinski definition) is 1. The van der Waals surface area contributed by atoms with Crippen LogP contribution in [0.25, 0.3) is 0 Å². The molecule has 1 N–H and O–H groups in total. The van der Waals surface area contributed by atoms with E-state index < -0.39 is 6.16 Å². The molecular formula is C16H32O4. The first-order valence-electron chi connectivity index (χ1n) is 7.97. The molecule has 0 saturated heterocycles. The Balaban J connectivity index is 4.07. The molecule has 0 amide bonds. The fourth-order valence-electron chi connectivity index (χ4n) is 2.35. The maximum atomic E-state index is 11.2. The van der Waals surface area contributed by atoms with Crippen molar-refractivity contribution in [3.63, 3.8) is 0 Å². The molecule has 0 saturated carbocycles. The van der Waals surface area contributed by atoms with Gasteiger partial charge < -0.3 is 14.6 Å². The molecule has 0 bridgehead atoms. The average Bonchev–Trinajstić information content (AvgIpc) is 2.47. The second-order valence-electron chi connectivity index (χ2n) is 5.67. The summed E-state index contributed by atoms with van der Waals surface area (Å²) in [5.41, 5.74) is 0. The Bertz CT molecular complexity index is 243. The second kappa shape index (κ2) is 12.0. The average molecular weight is 288 g/mol. The van der Waals surface area contributed by atoms with Gasteiger partial charge in [-0.1, -0.05) is 47.0 Å². The molecule has 4 nitrogen and oxygen atoms in total. The lowest BCUT2D eigenvalue weighted by Gasteiger charge is -2.23. The van der Waals surface area contributed by atoms with Gasteiger partial charge in [-0.2, -0.15) is 0 Å². The van der Waals surface area contributed by atoms with Crippen LogP contribution in [0.5, 0.6) is 0 Å². The van der Waals surface area contributed by atoms with Gasteiger partial charge in [0.15, 0.2) is 0 Å². The summed E-state index contributed by atoms with van der Waals surface area (Å²) in [5, 5.41) is 8.56. The predicted octanol–water partition coefficient (Wildman–Crippen LogP) is 4.01. The highest BCUT2D eigenvalue weighted by Gasteiger charge is 2.18. The van der Waals surface area contributed by atoms with Crippen molar-refractivity contribution in [2.45, 2.75) is 59.8 Å². The molecule has 0 aliphatic rings. The number of aliphatic hydroxyl groups excluding tert-OH is 1. The Morgan fingerprint density at radius 1 is 1.00 bits per heavy atom. The van der Waals surface area contributed by atoms with Crippen LogP contribution in [0.3, 0.4) is 0 Å². The summed E-state index contributed by atoms with van der Waals surface area (Å²) in [6.07, 6.45) is 5.08. The van der Waals surface area contributed by atoms with Gasteiger partial charge in [-0.25, -0.2) is 4.79 Å². The summed E-state index contributed by atoms with van der Waals surface area (Å²) in [6, 6.07) is 0. The molecule has 0 fully saturated rings. The molecule has 0 spiro atoms. The zero-order valence-corrected chi connectivity index (χ0v) is 13.6. The van der Waals surface area contributed by atoms with Crippen molar-refractivity contribution in [2.75, 3.05) is 19.8 Å². The largest absolute Gasteiger partial charge is 0.508 e. The molecule has 20 heavy (non-hydrogen) atoms. The Morgan fingerprint density at radius 3 is 2.15 bits per heavy atom. The standard InChI is InChI=1S/C16H32O4/c1-5-13(4)10-14(6-2)11-15(7-3)12-20-16(18)19-9-8-17/h13-15,17H,5-12H2,1-4H3. The zero-order valence-electron chi connectivity index (χ0n) is 13.6. The van der Waals surface area contributed by atoms with E-state index in [4.69, 9.17) is 9.84 Å². The fraction of sp³-hybridized carbons (Fsp3) is 0.938. The first kappa shape index (κ1) is 19.2. The molecular weight excluding hydrogens is 256 g/mol. The lowest BCUT2D eigenvalue weighted by Crippen LogP contribution is -2.19. The molecule has 0 aromatic carbocycles. The summed E-state index contributed by atoms with van der Waals surface area (Å²) in [5.74, 6) is 1.85. The second-order valence-corrected chi connectivity index (χ2v) is 5.67. The molecule has 120 valence electrons. The van der Waals surface area contributed by atoms with Gasteiger partial charge >= 0.3 is 6.16 Å². The minimum atomic E-state index is -0.674. The van der Waals surface area contributed by atoms with Gasteiger partial charge in [0.1, 0.15) is 6.61 Å². The van der Waals surface area contributed by atoms with E-state index in [-0.39, 0.29) is 13.2 Å². The molecule has 0 aliphatic heterocycles. The van der Waals surface area contributed by atoms with E-state index in [0.717, 1.165) is 18.8 Å². The van der Waals surface area contributed by atoms with Crippen LogP contribution in [-0.4, -0.2) is 31.1 Å². The molecule has 0 rings (SSSR count). The van der Waals surface area contributed by atoms with Gasteiger partial charge in [0, 0.05) is 0 Å². The number of carbonyl (C=O) groups is 1. The summed E-state index contributed by atoms with van der Waals surface area (Å²) in [4.78, 5) is 11.2. The van der Waals surface area contributed by atoms with Gasteiger partial charge in [0.2, 0.25) is 0 Å². The quantitative estimate of drug-likeness (QED) is 0.584. The van der Waals surface area contributed by atoms with Gasteiger partial charge in [-0.05, 0) is 30.6 Å². The first-order valence-corrected chi connectivity index (χ1v) is 7.97. The zero-order chi connectivity index (χ0) is 15.4. The van der Waals surface area contributed by atoms with Crippen molar-refractivity contribution >= 4 is 6.16 Å². The highest BCUT2D eigenvalue weighted by molar-refractivity contribution is 5.59. The smallest absolute Gasteiger partial charge is 0.434 e. The molecule has 0 heterocycles. The number of aliphatic hydroxyl groups is 1. The number of carbonyl (C=O) groups excluding carboxylic acids is 1. The van der Waals surface area contributed by atoms with E-state index in [0.29, 0.717) is 18.4 Å². The van der Waals surface area contributed by atoms with Crippen LogP contribution < -0.4 is 0 Å². The molecule has 0 radical (unpaired) electrons. The van der Waals surface area contributed by atoms with Crippen LogP contribution in [0, 0.1) is 17.8 Å². The van der Waals surface area contributed by atoms with E-state index in [1.54, 1.807) is 0 Å². The molecule has 0 aromatic heterocycles. The Morgan fingerprint density at radius 2 is 1.65 bits per heavy atom. The lowest BCUT2D eigenvalue weighted by atomic mass is 9.84. The fourth-order valence-corrected chi connectivity index (χ4v) is 2.35. The van der Waals surface area contributed by atoms with Crippen molar-refractivity contribution in [3.8, 4) is 0 Å². The maximum absolute atomic E-state index is 11.2. The lowest BCUT2D eigenvalue weighted by molar-refractivity contribution is 0.0307. The van der Waals surface area contributed by atoms with E-state index in [1.165, 1.54) is 19.3 Å². The number of rotatable bonds is 11. The van der Waals surface area contributed by atoms with Crippen LogP contribution in [-0.2, 0) is 9.47 Å².